The van der Waals surface area contributed by atoms with Crippen LogP contribution in [0.4, 0.5) is 14.5 Å². The molecule has 0 fully saturated rings. The van der Waals surface area contributed by atoms with Crippen molar-refractivity contribution in [3.63, 3.8) is 0 Å². The van der Waals surface area contributed by atoms with Crippen LogP contribution in [-0.4, -0.2) is 23.9 Å². The zero-order valence-electron chi connectivity index (χ0n) is 12.2. The summed E-state index contributed by atoms with van der Waals surface area (Å²) in [6, 6.07) is 7.20. The smallest absolute Gasteiger partial charge is 0.238 e. The Morgan fingerprint density at radius 1 is 1.30 bits per heavy atom. The number of carbonyl (C=O) groups is 1. The molecule has 0 spiro atoms. The number of hydrogen-bond acceptors (Lipinski definition) is 3. The molecular formula is C16H15BrF2N2OS. The number of nitrogens with one attached hydrogen (secondary N) is 1. The van der Waals surface area contributed by atoms with Gasteiger partial charge < -0.3 is 5.32 Å². The first kappa shape index (κ1) is 17.8. The van der Waals surface area contributed by atoms with Gasteiger partial charge in [0.25, 0.3) is 0 Å². The van der Waals surface area contributed by atoms with Crippen LogP contribution in [0.15, 0.2) is 46.8 Å². The molecule has 0 unspecified atom stereocenters. The highest BCUT2D eigenvalue weighted by atomic mass is 79.9. The number of anilines is 1. The molecule has 1 aromatic heterocycles. The third-order valence-corrected chi connectivity index (χ3v) is 4.57. The van der Waals surface area contributed by atoms with Crippen molar-refractivity contribution >= 4 is 38.9 Å². The highest BCUT2D eigenvalue weighted by molar-refractivity contribution is 9.11. The number of halogens is 3. The summed E-state index contributed by atoms with van der Waals surface area (Å²) in [5.41, 5.74) is 0.228. The number of carbonyl (C=O) groups excluding carboxylic acids is 1. The lowest BCUT2D eigenvalue weighted by Gasteiger charge is -2.19. The van der Waals surface area contributed by atoms with Gasteiger partial charge >= 0.3 is 0 Å². The van der Waals surface area contributed by atoms with Gasteiger partial charge in [0.1, 0.15) is 0 Å². The monoisotopic (exact) mass is 400 g/mol. The molecule has 23 heavy (non-hydrogen) atoms. The van der Waals surface area contributed by atoms with E-state index < -0.39 is 11.6 Å². The second-order valence-corrected chi connectivity index (χ2v) is 7.39. The number of nitrogens with zero attached hydrogens (tertiary/aromatic N) is 1. The van der Waals surface area contributed by atoms with Crippen molar-refractivity contribution in [3.8, 4) is 0 Å². The van der Waals surface area contributed by atoms with Gasteiger partial charge in [0.05, 0.1) is 10.3 Å². The molecule has 1 aromatic carbocycles. The zero-order valence-corrected chi connectivity index (χ0v) is 14.6. The molecule has 0 atom stereocenters. The minimum atomic E-state index is -0.991. The number of hydrogen-bond donors (Lipinski definition) is 1. The van der Waals surface area contributed by atoms with Gasteiger partial charge in [-0.15, -0.1) is 17.9 Å². The van der Waals surface area contributed by atoms with Crippen LogP contribution >= 0.6 is 27.3 Å². The molecule has 0 aliphatic rings. The maximum absolute atomic E-state index is 13.1. The maximum atomic E-state index is 13.1. The second-order valence-electron chi connectivity index (χ2n) is 4.84. The van der Waals surface area contributed by atoms with Crippen LogP contribution in [-0.2, 0) is 11.3 Å². The van der Waals surface area contributed by atoms with E-state index in [0.29, 0.717) is 13.1 Å². The Morgan fingerprint density at radius 2 is 2.09 bits per heavy atom. The molecule has 2 rings (SSSR count). The van der Waals surface area contributed by atoms with Crippen molar-refractivity contribution in [3.05, 3.63) is 63.3 Å². The standard InChI is InChI=1S/C16H15BrF2N2OS/c1-2-7-21(9-12-4-6-15(17)23-12)10-16(22)20-11-3-5-13(18)14(19)8-11/h2-6,8H,1,7,9-10H2,(H,20,22). The fourth-order valence-electron chi connectivity index (χ4n) is 2.00. The van der Waals surface area contributed by atoms with Crippen molar-refractivity contribution in [2.45, 2.75) is 6.54 Å². The summed E-state index contributed by atoms with van der Waals surface area (Å²) in [5, 5.41) is 2.56. The fourth-order valence-corrected chi connectivity index (χ4v) is 3.53. The Bertz CT molecular complexity index is 705. The van der Waals surface area contributed by atoms with Gasteiger partial charge in [-0.2, -0.15) is 0 Å². The first-order valence-electron chi connectivity index (χ1n) is 6.80. The third kappa shape index (κ3) is 5.53. The van der Waals surface area contributed by atoms with E-state index in [-0.39, 0.29) is 18.1 Å². The molecule has 122 valence electrons. The van der Waals surface area contributed by atoms with Crippen LogP contribution in [0.1, 0.15) is 4.88 Å². The molecular weight excluding hydrogens is 386 g/mol. The number of benzene rings is 1. The number of thiophene rings is 1. The summed E-state index contributed by atoms with van der Waals surface area (Å²) in [6.45, 7) is 4.96. The Hall–Kier alpha value is -1.57. The average molecular weight is 401 g/mol. The Labute approximate surface area is 145 Å². The van der Waals surface area contributed by atoms with E-state index in [2.05, 4.69) is 27.8 Å². The van der Waals surface area contributed by atoms with Gasteiger partial charge in [0.15, 0.2) is 11.6 Å². The highest BCUT2D eigenvalue weighted by Crippen LogP contribution is 2.23. The molecule has 3 nitrogen and oxygen atoms in total. The lowest BCUT2D eigenvalue weighted by atomic mass is 10.3. The highest BCUT2D eigenvalue weighted by Gasteiger charge is 2.12. The molecule has 1 amide bonds. The molecule has 0 bridgehead atoms. The summed E-state index contributed by atoms with van der Waals surface area (Å²) >= 11 is 5.00. The van der Waals surface area contributed by atoms with Gasteiger partial charge in [0.2, 0.25) is 5.91 Å². The maximum Gasteiger partial charge on any atom is 0.238 e. The SMILES string of the molecule is C=CCN(CC(=O)Nc1ccc(F)c(F)c1)Cc1ccc(Br)s1. The number of rotatable bonds is 7. The van der Waals surface area contributed by atoms with E-state index in [4.69, 9.17) is 0 Å². The van der Waals surface area contributed by atoms with Gasteiger partial charge in [-0.1, -0.05) is 6.08 Å². The van der Waals surface area contributed by atoms with Gasteiger partial charge in [-0.3, -0.25) is 9.69 Å². The van der Waals surface area contributed by atoms with Crippen LogP contribution in [0, 0.1) is 11.6 Å². The average Bonchev–Trinajstić information content (AvgIpc) is 2.88. The molecule has 1 heterocycles. The molecule has 0 aliphatic carbocycles. The molecule has 7 heteroatoms. The molecule has 0 radical (unpaired) electrons. The predicted molar refractivity (Wildman–Crippen MR) is 92.5 cm³/mol. The summed E-state index contributed by atoms with van der Waals surface area (Å²) in [4.78, 5) is 15.1. The Balaban J connectivity index is 1.96. The van der Waals surface area contributed by atoms with E-state index in [1.165, 1.54) is 6.07 Å². The van der Waals surface area contributed by atoms with Gasteiger partial charge in [0, 0.05) is 29.7 Å². The Kier molecular flexibility index (Phi) is 6.44. The van der Waals surface area contributed by atoms with Gasteiger partial charge in [-0.25, -0.2) is 8.78 Å². The van der Waals surface area contributed by atoms with Crippen LogP contribution < -0.4 is 5.32 Å². The number of amides is 1. The Morgan fingerprint density at radius 3 is 2.70 bits per heavy atom. The van der Waals surface area contributed by atoms with Crippen molar-refractivity contribution in [1.82, 2.24) is 4.90 Å². The van der Waals surface area contributed by atoms with Gasteiger partial charge in [-0.05, 0) is 40.2 Å². The topological polar surface area (TPSA) is 32.3 Å². The largest absolute Gasteiger partial charge is 0.325 e. The van der Waals surface area contributed by atoms with Crippen molar-refractivity contribution in [2.75, 3.05) is 18.4 Å². The van der Waals surface area contributed by atoms with Crippen LogP contribution in [0.2, 0.25) is 0 Å². The summed E-state index contributed by atoms with van der Waals surface area (Å²) in [6.07, 6.45) is 1.72. The second kappa shape index (κ2) is 8.33. The lowest BCUT2D eigenvalue weighted by Crippen LogP contribution is -2.32. The van der Waals surface area contributed by atoms with Crippen molar-refractivity contribution in [1.29, 1.82) is 0 Å². The molecule has 0 saturated carbocycles. The van der Waals surface area contributed by atoms with E-state index in [1.807, 2.05) is 17.0 Å². The van der Waals surface area contributed by atoms with Crippen LogP contribution in [0.5, 0.6) is 0 Å². The van der Waals surface area contributed by atoms with Crippen LogP contribution in [0.25, 0.3) is 0 Å². The first-order valence-corrected chi connectivity index (χ1v) is 8.41. The normalized spacial score (nSPS) is 10.8. The third-order valence-electron chi connectivity index (χ3n) is 2.97. The predicted octanol–water partition coefficient (Wildman–Crippen LogP) is 4.42. The summed E-state index contributed by atoms with van der Waals surface area (Å²) in [7, 11) is 0. The zero-order chi connectivity index (χ0) is 16.8. The minimum absolute atomic E-state index is 0.126. The van der Waals surface area contributed by atoms with Crippen molar-refractivity contribution < 1.29 is 13.6 Å². The van der Waals surface area contributed by atoms with E-state index in [0.717, 1.165) is 20.8 Å². The van der Waals surface area contributed by atoms with E-state index in [9.17, 15) is 13.6 Å². The van der Waals surface area contributed by atoms with E-state index in [1.54, 1.807) is 17.4 Å². The lowest BCUT2D eigenvalue weighted by molar-refractivity contribution is -0.117. The molecule has 0 saturated heterocycles. The minimum Gasteiger partial charge on any atom is -0.325 e. The first-order chi connectivity index (χ1) is 11.0. The van der Waals surface area contributed by atoms with Crippen molar-refractivity contribution in [2.24, 2.45) is 0 Å². The molecule has 0 aliphatic heterocycles. The summed E-state index contributed by atoms with van der Waals surface area (Å²) in [5.74, 6) is -2.23. The molecule has 2 aromatic rings. The van der Waals surface area contributed by atoms with E-state index >= 15 is 0 Å². The fraction of sp³-hybridized carbons (Fsp3) is 0.188. The summed E-state index contributed by atoms with van der Waals surface area (Å²) < 4.78 is 27.1. The quantitative estimate of drug-likeness (QED) is 0.697. The van der Waals surface area contributed by atoms with Crippen LogP contribution in [0.3, 0.4) is 0 Å². The molecule has 1 N–H and O–H groups in total.